The summed E-state index contributed by atoms with van der Waals surface area (Å²) in [5.41, 5.74) is 1.55. The molecule has 0 aliphatic carbocycles. The van der Waals surface area contributed by atoms with Gasteiger partial charge < -0.3 is 9.32 Å². The zero-order chi connectivity index (χ0) is 24.9. The summed E-state index contributed by atoms with van der Waals surface area (Å²) in [5, 5.41) is 5.84. The van der Waals surface area contributed by atoms with Gasteiger partial charge in [-0.15, -0.1) is 12.4 Å². The number of alkyl halides is 3. The fourth-order valence-corrected chi connectivity index (χ4v) is 4.85. The average molecular weight is 529 g/mol. The standard InChI is InChI=1S/C27H23F3N4O2.ClH/c28-27(29,30)20-5-3-18(4-6-20)25-16-22-24(36-25)9-12-33(26(22)35)21-7-8-23-19(15-21)17-31-34(23)14-13-32-10-1-2-11-32;/h3-9,12,15-17H,1-2,10-11,13-14H2;1H. The molecule has 10 heteroatoms. The van der Waals surface area contributed by atoms with Crippen molar-refractivity contribution >= 4 is 34.3 Å². The number of benzene rings is 2. The van der Waals surface area contributed by atoms with Crippen LogP contribution in [0.4, 0.5) is 13.2 Å². The first-order valence-corrected chi connectivity index (χ1v) is 11.9. The fraction of sp³-hybridized carbons (Fsp3) is 0.259. The quantitative estimate of drug-likeness (QED) is 0.275. The molecule has 0 N–H and O–H groups in total. The number of halogens is 4. The first-order chi connectivity index (χ1) is 17.4. The molecule has 1 aliphatic heterocycles. The van der Waals surface area contributed by atoms with Crippen molar-refractivity contribution in [1.82, 2.24) is 19.2 Å². The highest BCUT2D eigenvalue weighted by Gasteiger charge is 2.30. The molecule has 0 saturated carbocycles. The van der Waals surface area contributed by atoms with Crippen LogP contribution in [0.5, 0.6) is 0 Å². The summed E-state index contributed by atoms with van der Waals surface area (Å²) in [5.74, 6) is 0.336. The molecule has 192 valence electrons. The van der Waals surface area contributed by atoms with E-state index in [1.54, 1.807) is 18.3 Å². The molecule has 1 fully saturated rings. The van der Waals surface area contributed by atoms with E-state index in [-0.39, 0.29) is 18.0 Å². The molecule has 2 aromatic carbocycles. The second-order valence-electron chi connectivity index (χ2n) is 9.11. The van der Waals surface area contributed by atoms with Crippen LogP contribution in [0.2, 0.25) is 0 Å². The van der Waals surface area contributed by atoms with E-state index in [2.05, 4.69) is 10.00 Å². The lowest BCUT2D eigenvalue weighted by Gasteiger charge is -2.14. The number of furan rings is 1. The molecule has 0 unspecified atom stereocenters. The Hall–Kier alpha value is -3.56. The molecule has 37 heavy (non-hydrogen) atoms. The van der Waals surface area contributed by atoms with Crippen LogP contribution >= 0.6 is 12.4 Å². The molecule has 3 aromatic heterocycles. The summed E-state index contributed by atoms with van der Waals surface area (Å²) in [6.45, 7) is 4.07. The Labute approximate surface area is 216 Å². The largest absolute Gasteiger partial charge is 0.456 e. The van der Waals surface area contributed by atoms with Crippen LogP contribution in [0.15, 0.2) is 76.2 Å². The van der Waals surface area contributed by atoms with Gasteiger partial charge in [0.05, 0.1) is 29.2 Å². The molecule has 0 amide bonds. The van der Waals surface area contributed by atoms with Crippen LogP contribution < -0.4 is 5.56 Å². The van der Waals surface area contributed by atoms with E-state index in [4.69, 9.17) is 4.42 Å². The van der Waals surface area contributed by atoms with Gasteiger partial charge in [0.25, 0.3) is 5.56 Å². The van der Waals surface area contributed by atoms with E-state index in [1.165, 1.54) is 29.5 Å². The highest BCUT2D eigenvalue weighted by atomic mass is 35.5. The smallest absolute Gasteiger partial charge is 0.416 e. The summed E-state index contributed by atoms with van der Waals surface area (Å²) in [4.78, 5) is 15.7. The minimum absolute atomic E-state index is 0. The molecule has 6 nitrogen and oxygen atoms in total. The maximum absolute atomic E-state index is 13.3. The van der Waals surface area contributed by atoms with Gasteiger partial charge >= 0.3 is 6.18 Å². The average Bonchev–Trinajstić information content (AvgIpc) is 3.62. The first kappa shape index (κ1) is 25.1. The molecule has 6 rings (SSSR count). The predicted molar refractivity (Wildman–Crippen MR) is 138 cm³/mol. The third-order valence-corrected chi connectivity index (χ3v) is 6.81. The van der Waals surface area contributed by atoms with E-state index < -0.39 is 11.7 Å². The molecule has 0 radical (unpaired) electrons. The van der Waals surface area contributed by atoms with Gasteiger partial charge in [-0.25, -0.2) is 0 Å². The molecule has 0 bridgehead atoms. The number of fused-ring (bicyclic) bond motifs is 2. The summed E-state index contributed by atoms with van der Waals surface area (Å²) in [6, 6.07) is 13.7. The van der Waals surface area contributed by atoms with Crippen LogP contribution in [0.1, 0.15) is 18.4 Å². The predicted octanol–water partition coefficient (Wildman–Crippen LogP) is 6.14. The van der Waals surface area contributed by atoms with Crippen molar-refractivity contribution in [2.75, 3.05) is 19.6 Å². The van der Waals surface area contributed by atoms with E-state index >= 15 is 0 Å². The second kappa shape index (κ2) is 9.72. The lowest BCUT2D eigenvalue weighted by Crippen LogP contribution is -2.24. The van der Waals surface area contributed by atoms with Gasteiger partial charge in [-0.3, -0.25) is 14.0 Å². The number of aromatic nitrogens is 3. The van der Waals surface area contributed by atoms with Gasteiger partial charge in [-0.2, -0.15) is 18.3 Å². The third kappa shape index (κ3) is 4.76. The Bertz CT molecular complexity index is 1610. The molecule has 0 spiro atoms. The topological polar surface area (TPSA) is 56.2 Å². The normalized spacial score (nSPS) is 14.5. The van der Waals surface area contributed by atoms with Crippen LogP contribution in [0.3, 0.4) is 0 Å². The first-order valence-electron chi connectivity index (χ1n) is 11.9. The highest BCUT2D eigenvalue weighted by Crippen LogP contribution is 2.32. The van der Waals surface area contributed by atoms with Gasteiger partial charge in [-0.1, -0.05) is 12.1 Å². The zero-order valence-electron chi connectivity index (χ0n) is 19.7. The number of likely N-dealkylation sites (tertiary alicyclic amines) is 1. The minimum Gasteiger partial charge on any atom is -0.456 e. The van der Waals surface area contributed by atoms with Crippen molar-refractivity contribution in [3.63, 3.8) is 0 Å². The maximum atomic E-state index is 13.3. The SMILES string of the molecule is Cl.O=c1c2cc(-c3ccc(C(F)(F)F)cc3)oc2ccn1-c1ccc2c(cnn2CCN2CCCC2)c1. The number of hydrogen-bond donors (Lipinski definition) is 0. The summed E-state index contributed by atoms with van der Waals surface area (Å²) < 4.78 is 47.9. The Morgan fingerprint density at radius 1 is 0.946 bits per heavy atom. The van der Waals surface area contributed by atoms with E-state index in [1.807, 2.05) is 29.1 Å². The Balaban J connectivity index is 0.00000280. The fourth-order valence-electron chi connectivity index (χ4n) is 4.85. The van der Waals surface area contributed by atoms with Crippen molar-refractivity contribution in [2.24, 2.45) is 0 Å². The Morgan fingerprint density at radius 3 is 2.43 bits per heavy atom. The number of hydrogen-bond acceptors (Lipinski definition) is 4. The van der Waals surface area contributed by atoms with Gasteiger partial charge in [-0.05, 0) is 68.4 Å². The lowest BCUT2D eigenvalue weighted by atomic mass is 10.1. The van der Waals surface area contributed by atoms with E-state index in [9.17, 15) is 18.0 Å². The van der Waals surface area contributed by atoms with Crippen molar-refractivity contribution < 1.29 is 17.6 Å². The van der Waals surface area contributed by atoms with Gasteiger partial charge in [0.1, 0.15) is 11.3 Å². The second-order valence-corrected chi connectivity index (χ2v) is 9.11. The summed E-state index contributed by atoms with van der Waals surface area (Å²) >= 11 is 0. The van der Waals surface area contributed by atoms with Crippen LogP contribution in [-0.2, 0) is 12.7 Å². The minimum atomic E-state index is -4.41. The molecule has 5 aromatic rings. The van der Waals surface area contributed by atoms with Crippen molar-refractivity contribution in [2.45, 2.75) is 25.6 Å². The van der Waals surface area contributed by atoms with Crippen LogP contribution in [0.25, 0.3) is 38.9 Å². The zero-order valence-corrected chi connectivity index (χ0v) is 20.6. The van der Waals surface area contributed by atoms with Crippen molar-refractivity contribution in [3.05, 3.63) is 82.9 Å². The Morgan fingerprint density at radius 2 is 1.70 bits per heavy atom. The molecule has 4 heterocycles. The summed E-state index contributed by atoms with van der Waals surface area (Å²) in [7, 11) is 0. The van der Waals surface area contributed by atoms with Crippen LogP contribution in [0, 0.1) is 0 Å². The van der Waals surface area contributed by atoms with E-state index in [0.29, 0.717) is 28.0 Å². The third-order valence-electron chi connectivity index (χ3n) is 6.81. The van der Waals surface area contributed by atoms with Gasteiger partial charge in [0, 0.05) is 29.4 Å². The monoisotopic (exact) mass is 528 g/mol. The molecule has 0 atom stereocenters. The number of nitrogens with zero attached hydrogens (tertiary/aromatic N) is 4. The van der Waals surface area contributed by atoms with Crippen molar-refractivity contribution in [1.29, 1.82) is 0 Å². The highest BCUT2D eigenvalue weighted by molar-refractivity contribution is 5.85. The summed E-state index contributed by atoms with van der Waals surface area (Å²) in [6.07, 6.45) is 1.55. The molecular formula is C27H24ClF3N4O2. The van der Waals surface area contributed by atoms with E-state index in [0.717, 1.165) is 49.2 Å². The lowest BCUT2D eigenvalue weighted by molar-refractivity contribution is -0.137. The molecular weight excluding hydrogens is 505 g/mol. The molecule has 1 saturated heterocycles. The van der Waals surface area contributed by atoms with Gasteiger partial charge in [0.2, 0.25) is 0 Å². The number of pyridine rings is 1. The number of rotatable bonds is 5. The van der Waals surface area contributed by atoms with Gasteiger partial charge in [0.15, 0.2) is 0 Å². The van der Waals surface area contributed by atoms with Crippen LogP contribution in [-0.4, -0.2) is 38.9 Å². The maximum Gasteiger partial charge on any atom is 0.416 e. The molecule has 1 aliphatic rings. The Kier molecular flexibility index (Phi) is 6.59. The van der Waals surface area contributed by atoms with Crippen molar-refractivity contribution in [3.8, 4) is 17.0 Å².